The largest absolute Gasteiger partial charge is 0.493 e. The third kappa shape index (κ3) is 5.48. The van der Waals surface area contributed by atoms with Gasteiger partial charge in [-0.1, -0.05) is 27.7 Å². The number of rotatable bonds is 8. The van der Waals surface area contributed by atoms with Gasteiger partial charge in [-0.05, 0) is 35.6 Å². The summed E-state index contributed by atoms with van der Waals surface area (Å²) in [5.74, 6) is -1.82. The number of anilines is 1. The number of carbonyl (C=O) groups is 2. The van der Waals surface area contributed by atoms with Crippen LogP contribution in [0.15, 0.2) is 18.2 Å². The lowest BCUT2D eigenvalue weighted by molar-refractivity contribution is -0.145. The lowest BCUT2D eigenvalue weighted by Gasteiger charge is -2.39. The number of benzene rings is 2. The highest BCUT2D eigenvalue weighted by molar-refractivity contribution is 8.93. The van der Waals surface area contributed by atoms with Gasteiger partial charge in [0, 0.05) is 24.7 Å². The van der Waals surface area contributed by atoms with E-state index in [4.69, 9.17) is 19.6 Å². The Balaban J connectivity index is 0.00000441. The quantitative estimate of drug-likeness (QED) is 0.394. The lowest BCUT2D eigenvalue weighted by Crippen LogP contribution is -2.45. The van der Waals surface area contributed by atoms with Crippen LogP contribution < -0.4 is 19.1 Å². The van der Waals surface area contributed by atoms with E-state index in [1.165, 1.54) is 19.1 Å². The van der Waals surface area contributed by atoms with Crippen molar-refractivity contribution >= 4 is 40.3 Å². The van der Waals surface area contributed by atoms with Gasteiger partial charge < -0.3 is 29.1 Å². The molecule has 2 aliphatic rings. The third-order valence-electron chi connectivity index (χ3n) is 7.48. The second-order valence-electron chi connectivity index (χ2n) is 11.1. The number of hydrogen-bond acceptors (Lipinski definition) is 7. The van der Waals surface area contributed by atoms with Gasteiger partial charge >= 0.3 is 5.97 Å². The van der Waals surface area contributed by atoms with Crippen LogP contribution in [0.4, 0.5) is 10.1 Å². The summed E-state index contributed by atoms with van der Waals surface area (Å²) in [7, 11) is 4.62. The Labute approximate surface area is 244 Å². The third-order valence-corrected chi connectivity index (χ3v) is 7.48. The van der Waals surface area contributed by atoms with E-state index in [0.717, 1.165) is 5.56 Å². The van der Waals surface area contributed by atoms with Crippen molar-refractivity contribution < 1.29 is 33.3 Å². The molecule has 218 valence electrons. The van der Waals surface area contributed by atoms with Crippen molar-refractivity contribution in [2.45, 2.75) is 52.2 Å². The predicted molar refractivity (Wildman–Crippen MR) is 156 cm³/mol. The Morgan fingerprint density at radius 1 is 1.23 bits per heavy atom. The first kappa shape index (κ1) is 31.2. The maximum Gasteiger partial charge on any atom is 0.310 e. The van der Waals surface area contributed by atoms with Gasteiger partial charge in [-0.15, -0.1) is 17.0 Å². The number of likely N-dealkylation sites (N-methyl/N-ethyl adjacent to an activating group) is 1. The van der Waals surface area contributed by atoms with Crippen LogP contribution in [-0.2, 0) is 16.8 Å². The molecule has 2 unspecified atom stereocenters. The number of carboxylic acid groups (broad SMARTS) is 1. The zero-order chi connectivity index (χ0) is 28.8. The van der Waals surface area contributed by atoms with E-state index >= 15 is 4.39 Å². The first-order chi connectivity index (χ1) is 18.3. The van der Waals surface area contributed by atoms with Gasteiger partial charge in [0.05, 0.1) is 44.5 Å². The summed E-state index contributed by atoms with van der Waals surface area (Å²) in [6.07, 6.45) is -0.0901. The first-order valence-electron chi connectivity index (χ1n) is 12.9. The number of nitrogens with zero attached hydrogens (tertiary/aromatic N) is 2. The minimum Gasteiger partial charge on any atom is -0.493 e. The Morgan fingerprint density at radius 3 is 2.45 bits per heavy atom. The predicted octanol–water partition coefficient (Wildman–Crippen LogP) is 5.05. The summed E-state index contributed by atoms with van der Waals surface area (Å²) in [4.78, 5) is 28.9. The van der Waals surface area contributed by atoms with Crippen LogP contribution in [0, 0.1) is 17.1 Å². The van der Waals surface area contributed by atoms with Gasteiger partial charge in [-0.2, -0.15) is 0 Å². The zero-order valence-corrected chi connectivity index (χ0v) is 25.6. The SMILES string of the molecule is Br.CCC(C(=O)O)C1CN(C)c2cc(C(=O)CN3Cc4cc(OC)c(OC)c(F)c4C3=N)cc(C(C)(C)C)c2O1. The Kier molecular flexibility index (Phi) is 9.08. The standard InChI is InChI=1S/C29H36FN3O6.BrH/c1-8-17(28(35)36)22-14-32(5)19-10-15(9-18(25(19)39-22)29(2,3)4)20(34)13-33-12-16-11-21(37-6)26(38-7)24(30)23(16)27(33)31;/h9-11,17,22,31H,8,12-14H2,1-7H3,(H,35,36);1H. The van der Waals surface area contributed by atoms with Crippen LogP contribution in [0.3, 0.4) is 0 Å². The minimum atomic E-state index is -0.899. The number of halogens is 2. The van der Waals surface area contributed by atoms with Crippen LogP contribution in [-0.4, -0.2) is 68.1 Å². The molecule has 40 heavy (non-hydrogen) atoms. The van der Waals surface area contributed by atoms with Crippen molar-refractivity contribution in [2.24, 2.45) is 5.92 Å². The van der Waals surface area contributed by atoms with Gasteiger partial charge in [0.15, 0.2) is 23.1 Å². The summed E-state index contributed by atoms with van der Waals surface area (Å²) in [5, 5.41) is 18.3. The van der Waals surface area contributed by atoms with Crippen LogP contribution in [0.25, 0.3) is 0 Å². The van der Waals surface area contributed by atoms with E-state index < -0.39 is 29.2 Å². The molecule has 11 heteroatoms. The Bertz CT molecular complexity index is 1340. The highest BCUT2D eigenvalue weighted by Gasteiger charge is 2.38. The molecule has 9 nitrogen and oxygen atoms in total. The van der Waals surface area contributed by atoms with E-state index in [1.807, 2.05) is 39.6 Å². The van der Waals surface area contributed by atoms with Gasteiger partial charge in [-0.25, -0.2) is 4.39 Å². The van der Waals surface area contributed by atoms with Crippen molar-refractivity contribution in [1.29, 1.82) is 5.41 Å². The fraction of sp³-hybridized carbons (Fsp3) is 0.483. The van der Waals surface area contributed by atoms with Crippen molar-refractivity contribution in [1.82, 2.24) is 4.90 Å². The van der Waals surface area contributed by atoms with Crippen molar-refractivity contribution in [3.05, 3.63) is 46.3 Å². The van der Waals surface area contributed by atoms with Crippen molar-refractivity contribution in [3.63, 3.8) is 0 Å². The molecule has 0 bridgehead atoms. The van der Waals surface area contributed by atoms with Crippen LogP contribution in [0.2, 0.25) is 0 Å². The average Bonchev–Trinajstić information content (AvgIpc) is 3.17. The summed E-state index contributed by atoms with van der Waals surface area (Å²) in [6, 6.07) is 5.18. The second kappa shape index (κ2) is 11.6. The summed E-state index contributed by atoms with van der Waals surface area (Å²) >= 11 is 0. The molecule has 0 aliphatic carbocycles. The number of carbonyl (C=O) groups excluding carboxylic acids is 1. The summed E-state index contributed by atoms with van der Waals surface area (Å²) in [6.45, 7) is 8.29. The number of carboxylic acids is 1. The monoisotopic (exact) mass is 621 g/mol. The van der Waals surface area contributed by atoms with Gasteiger partial charge in [0.2, 0.25) is 0 Å². The molecule has 2 aliphatic heterocycles. The van der Waals surface area contributed by atoms with Crippen LogP contribution in [0.1, 0.15) is 61.2 Å². The average molecular weight is 623 g/mol. The topological polar surface area (TPSA) is 112 Å². The summed E-state index contributed by atoms with van der Waals surface area (Å²) in [5.41, 5.74) is 2.19. The number of Topliss-reactive ketones (excluding diaryl/α,β-unsaturated/α-hetero) is 1. The molecule has 0 aromatic heterocycles. The Morgan fingerprint density at radius 2 is 1.90 bits per heavy atom. The van der Waals surface area contributed by atoms with E-state index in [-0.39, 0.29) is 58.8 Å². The molecule has 2 heterocycles. The number of aliphatic carboxylic acids is 1. The fourth-order valence-corrected chi connectivity index (χ4v) is 5.33. The number of nitrogens with one attached hydrogen (secondary N) is 1. The van der Waals surface area contributed by atoms with Crippen LogP contribution in [0.5, 0.6) is 17.2 Å². The van der Waals surface area contributed by atoms with E-state index in [1.54, 1.807) is 18.2 Å². The number of ether oxygens (including phenoxy) is 3. The number of hydrogen-bond donors (Lipinski definition) is 2. The van der Waals surface area contributed by atoms with Crippen LogP contribution >= 0.6 is 17.0 Å². The molecule has 0 fully saturated rings. The van der Waals surface area contributed by atoms with Gasteiger partial charge in [0.1, 0.15) is 17.7 Å². The molecule has 2 aromatic carbocycles. The fourth-order valence-electron chi connectivity index (χ4n) is 5.33. The number of ketones is 1. The highest BCUT2D eigenvalue weighted by atomic mass is 79.9. The minimum absolute atomic E-state index is 0. The van der Waals surface area contributed by atoms with Crippen molar-refractivity contribution in [2.75, 3.05) is 39.3 Å². The van der Waals surface area contributed by atoms with Gasteiger partial charge in [-0.3, -0.25) is 15.0 Å². The smallest absolute Gasteiger partial charge is 0.310 e. The molecule has 2 N–H and O–H groups in total. The number of methoxy groups -OCH3 is 2. The first-order valence-corrected chi connectivity index (χ1v) is 12.9. The maximum absolute atomic E-state index is 15.2. The van der Waals surface area contributed by atoms with E-state index in [0.29, 0.717) is 35.5 Å². The molecule has 0 amide bonds. The molecule has 0 saturated heterocycles. The maximum atomic E-state index is 15.2. The highest BCUT2D eigenvalue weighted by Crippen LogP contribution is 2.44. The summed E-state index contributed by atoms with van der Waals surface area (Å²) < 4.78 is 31.9. The van der Waals surface area contributed by atoms with E-state index in [9.17, 15) is 14.7 Å². The van der Waals surface area contributed by atoms with E-state index in [2.05, 4.69) is 0 Å². The molecule has 0 radical (unpaired) electrons. The normalized spacial score (nSPS) is 16.9. The molecular formula is C29H37BrFN3O6. The number of fused-ring (bicyclic) bond motifs is 2. The molecule has 0 spiro atoms. The number of amidine groups is 1. The Hall–Kier alpha value is -3.34. The van der Waals surface area contributed by atoms with Crippen molar-refractivity contribution in [3.8, 4) is 17.2 Å². The van der Waals surface area contributed by atoms with Gasteiger partial charge in [0.25, 0.3) is 0 Å². The molecule has 0 saturated carbocycles. The lowest BCUT2D eigenvalue weighted by atomic mass is 9.83. The zero-order valence-electron chi connectivity index (χ0n) is 23.9. The second-order valence-corrected chi connectivity index (χ2v) is 11.1. The molecular weight excluding hydrogens is 585 g/mol. The molecule has 2 atom stereocenters. The molecule has 4 rings (SSSR count). The molecule has 2 aromatic rings.